The summed E-state index contributed by atoms with van der Waals surface area (Å²) < 4.78 is 0. The van der Waals surface area contributed by atoms with Gasteiger partial charge < -0.3 is 10.2 Å². The second-order valence-electron chi connectivity index (χ2n) is 10.6. The van der Waals surface area contributed by atoms with Crippen molar-refractivity contribution in [1.82, 2.24) is 29.9 Å². The van der Waals surface area contributed by atoms with Gasteiger partial charge in [0.2, 0.25) is 0 Å². The van der Waals surface area contributed by atoms with Gasteiger partial charge in [0.1, 0.15) is 11.5 Å². The van der Waals surface area contributed by atoms with E-state index in [-0.39, 0.29) is 11.5 Å². The lowest BCUT2D eigenvalue weighted by Crippen LogP contribution is -2.01. The van der Waals surface area contributed by atoms with Crippen LogP contribution >= 0.6 is 0 Å². The molecule has 0 aliphatic heterocycles. The van der Waals surface area contributed by atoms with E-state index in [1.807, 2.05) is 24.3 Å². The lowest BCUT2D eigenvalue weighted by Gasteiger charge is -2.11. The van der Waals surface area contributed by atoms with Crippen molar-refractivity contribution in [3.63, 3.8) is 0 Å². The molecule has 2 heterocycles. The van der Waals surface area contributed by atoms with E-state index < -0.39 is 0 Å². The highest BCUT2D eigenvalue weighted by molar-refractivity contribution is 5.73. The Kier molecular flexibility index (Phi) is 7.72. The van der Waals surface area contributed by atoms with Gasteiger partial charge in [-0.05, 0) is 72.8 Å². The SMILES string of the molecule is N#Cc1ccc(-c2nc(-c3ccc(-c4nc(-c5ccc(C#N)cc5)nc(-c5ccccc5O)n4)cc3)nc(-c3ccccc3O)n2)cc1. The van der Waals surface area contributed by atoms with E-state index in [1.165, 1.54) is 0 Å². The van der Waals surface area contributed by atoms with Crippen LogP contribution in [0, 0.1) is 22.7 Å². The zero-order chi connectivity index (χ0) is 33.0. The van der Waals surface area contributed by atoms with Crippen molar-refractivity contribution in [3.8, 4) is 92.0 Å². The smallest absolute Gasteiger partial charge is 0.167 e. The molecule has 0 radical (unpaired) electrons. The van der Waals surface area contributed by atoms with Gasteiger partial charge in [-0.3, -0.25) is 0 Å². The van der Waals surface area contributed by atoms with E-state index in [0.29, 0.717) is 79.5 Å². The summed E-state index contributed by atoms with van der Waals surface area (Å²) in [4.78, 5) is 28.2. The van der Waals surface area contributed by atoms with Crippen LogP contribution in [-0.2, 0) is 0 Å². The number of nitriles is 2. The highest BCUT2D eigenvalue weighted by Gasteiger charge is 2.17. The molecule has 2 N–H and O–H groups in total. The molecule has 7 rings (SSSR count). The number of hydrogen-bond donors (Lipinski definition) is 2. The first-order valence-corrected chi connectivity index (χ1v) is 14.7. The van der Waals surface area contributed by atoms with Crippen LogP contribution in [-0.4, -0.2) is 40.1 Å². The van der Waals surface area contributed by atoms with Gasteiger partial charge in [-0.1, -0.05) is 48.5 Å². The Labute approximate surface area is 274 Å². The predicted octanol–water partition coefficient (Wildman–Crippen LogP) is 7.21. The quantitative estimate of drug-likeness (QED) is 0.193. The second-order valence-corrected chi connectivity index (χ2v) is 10.6. The Morgan fingerprint density at radius 3 is 0.917 bits per heavy atom. The van der Waals surface area contributed by atoms with E-state index in [1.54, 1.807) is 97.1 Å². The minimum Gasteiger partial charge on any atom is -0.507 e. The lowest BCUT2D eigenvalue weighted by atomic mass is 10.1. The molecule has 0 bridgehead atoms. The average Bonchev–Trinajstić information content (AvgIpc) is 3.15. The minimum absolute atomic E-state index is 0.0314. The monoisotopic (exact) mass is 622 g/mol. The zero-order valence-electron chi connectivity index (χ0n) is 25.0. The number of aromatic hydroxyl groups is 2. The molecular weight excluding hydrogens is 600 g/mol. The maximum Gasteiger partial charge on any atom is 0.167 e. The molecule has 0 saturated heterocycles. The van der Waals surface area contributed by atoms with E-state index >= 15 is 0 Å². The van der Waals surface area contributed by atoms with Gasteiger partial charge in [-0.25, -0.2) is 29.9 Å². The van der Waals surface area contributed by atoms with Crippen molar-refractivity contribution in [2.24, 2.45) is 0 Å². The van der Waals surface area contributed by atoms with Gasteiger partial charge in [0.05, 0.1) is 34.4 Å². The fourth-order valence-electron chi connectivity index (χ4n) is 4.99. The van der Waals surface area contributed by atoms with Crippen molar-refractivity contribution in [2.75, 3.05) is 0 Å². The Bertz CT molecular complexity index is 2210. The Morgan fingerprint density at radius 1 is 0.354 bits per heavy atom. The molecule has 226 valence electrons. The Balaban J connectivity index is 1.32. The van der Waals surface area contributed by atoms with E-state index in [4.69, 9.17) is 19.9 Å². The highest BCUT2D eigenvalue weighted by Crippen LogP contribution is 2.32. The van der Waals surface area contributed by atoms with Crippen LogP contribution in [0.15, 0.2) is 121 Å². The van der Waals surface area contributed by atoms with E-state index in [0.717, 1.165) is 0 Å². The molecule has 48 heavy (non-hydrogen) atoms. The third-order valence-electron chi connectivity index (χ3n) is 7.51. The molecular formula is C38H22N8O2. The second kappa shape index (κ2) is 12.6. The van der Waals surface area contributed by atoms with Crippen LogP contribution in [0.3, 0.4) is 0 Å². The maximum atomic E-state index is 10.6. The molecule has 2 aromatic heterocycles. The van der Waals surface area contributed by atoms with Gasteiger partial charge in [0, 0.05) is 22.3 Å². The van der Waals surface area contributed by atoms with Gasteiger partial charge in [-0.2, -0.15) is 10.5 Å². The molecule has 5 aromatic carbocycles. The Morgan fingerprint density at radius 2 is 0.625 bits per heavy atom. The summed E-state index contributed by atoms with van der Waals surface area (Å²) >= 11 is 0. The molecule has 10 heteroatoms. The van der Waals surface area contributed by atoms with Gasteiger partial charge in [-0.15, -0.1) is 0 Å². The molecule has 0 fully saturated rings. The normalized spacial score (nSPS) is 10.6. The van der Waals surface area contributed by atoms with E-state index in [2.05, 4.69) is 22.1 Å². The fraction of sp³-hybridized carbons (Fsp3) is 0. The molecule has 0 spiro atoms. The Hall–Kier alpha value is -7.30. The molecule has 10 nitrogen and oxygen atoms in total. The first-order chi connectivity index (χ1) is 23.5. The third-order valence-corrected chi connectivity index (χ3v) is 7.51. The zero-order valence-corrected chi connectivity index (χ0v) is 25.0. The summed E-state index contributed by atoms with van der Waals surface area (Å²) in [6, 6.07) is 39.1. The molecule has 0 amide bonds. The van der Waals surface area contributed by atoms with Crippen molar-refractivity contribution >= 4 is 0 Å². The van der Waals surface area contributed by atoms with Crippen molar-refractivity contribution in [2.45, 2.75) is 0 Å². The van der Waals surface area contributed by atoms with Crippen molar-refractivity contribution in [3.05, 3.63) is 132 Å². The average molecular weight is 623 g/mol. The molecule has 0 saturated carbocycles. The summed E-state index contributed by atoms with van der Waals surface area (Å²) in [7, 11) is 0. The number of benzene rings is 5. The lowest BCUT2D eigenvalue weighted by molar-refractivity contribution is 0.476. The van der Waals surface area contributed by atoms with Crippen LogP contribution in [0.5, 0.6) is 11.5 Å². The van der Waals surface area contributed by atoms with Crippen LogP contribution in [0.2, 0.25) is 0 Å². The van der Waals surface area contributed by atoms with Gasteiger partial charge >= 0.3 is 0 Å². The van der Waals surface area contributed by atoms with Gasteiger partial charge in [0.25, 0.3) is 0 Å². The summed E-state index contributed by atoms with van der Waals surface area (Å²) in [5.41, 5.74) is 4.64. The minimum atomic E-state index is 0.0314. The van der Waals surface area contributed by atoms with Crippen LogP contribution in [0.25, 0.3) is 68.3 Å². The number of phenolic OH excluding ortho intramolecular Hbond substituents is 2. The standard InChI is InChI=1S/C38H22N8O2/c39-21-23-9-13-25(14-10-23)33-41-35(45-37(43-33)29-5-1-3-7-31(29)47)27-17-19-28(20-18-27)36-42-34(26-15-11-24(22-40)12-16-26)44-38(46-36)30-6-2-4-8-32(30)48/h1-20,47-48H. The van der Waals surface area contributed by atoms with Crippen molar-refractivity contribution < 1.29 is 10.2 Å². The fourth-order valence-corrected chi connectivity index (χ4v) is 4.99. The maximum absolute atomic E-state index is 10.6. The molecule has 0 aliphatic carbocycles. The summed E-state index contributed by atoms with van der Waals surface area (Å²) in [6.07, 6.45) is 0. The predicted molar refractivity (Wildman–Crippen MR) is 179 cm³/mol. The highest BCUT2D eigenvalue weighted by atomic mass is 16.3. The summed E-state index contributed by atoms with van der Waals surface area (Å²) in [5, 5.41) is 39.7. The molecule has 7 aromatic rings. The molecule has 0 atom stereocenters. The van der Waals surface area contributed by atoms with E-state index in [9.17, 15) is 20.7 Å². The largest absolute Gasteiger partial charge is 0.507 e. The van der Waals surface area contributed by atoms with Crippen LogP contribution < -0.4 is 0 Å². The van der Waals surface area contributed by atoms with Crippen molar-refractivity contribution in [1.29, 1.82) is 10.5 Å². The molecule has 0 aliphatic rings. The first-order valence-electron chi connectivity index (χ1n) is 14.7. The number of nitrogens with zero attached hydrogens (tertiary/aromatic N) is 8. The number of para-hydroxylation sites is 2. The topological polar surface area (TPSA) is 165 Å². The van der Waals surface area contributed by atoms with Crippen LogP contribution in [0.1, 0.15) is 11.1 Å². The third kappa shape index (κ3) is 5.88. The number of aromatic nitrogens is 6. The van der Waals surface area contributed by atoms with Crippen LogP contribution in [0.4, 0.5) is 0 Å². The number of rotatable bonds is 6. The summed E-state index contributed by atoms with van der Waals surface area (Å²) in [5.74, 6) is 2.15. The van der Waals surface area contributed by atoms with Gasteiger partial charge in [0.15, 0.2) is 34.9 Å². The number of hydrogen-bond acceptors (Lipinski definition) is 10. The first kappa shape index (κ1) is 29.4. The molecule has 0 unspecified atom stereocenters. The number of phenols is 2. The summed E-state index contributed by atoms with van der Waals surface area (Å²) in [6.45, 7) is 0.